The average molecular weight is 300 g/mol. The minimum absolute atomic E-state index is 0.191. The third-order valence-electron chi connectivity index (χ3n) is 2.76. The summed E-state index contributed by atoms with van der Waals surface area (Å²) in [5, 5.41) is 8.80. The van der Waals surface area contributed by atoms with E-state index in [0.29, 0.717) is 0 Å². The number of thioether (sulfide) groups is 1. The number of nitrogens with one attached hydrogen (secondary N) is 2. The first-order valence-corrected chi connectivity index (χ1v) is 8.77. The molecule has 19 heavy (non-hydrogen) atoms. The molecule has 3 nitrogen and oxygen atoms in total. The first-order chi connectivity index (χ1) is 9.07. The van der Waals surface area contributed by atoms with Gasteiger partial charge in [-0.3, -0.25) is 4.99 Å². The van der Waals surface area contributed by atoms with Crippen LogP contribution in [0, 0.1) is 0 Å². The maximum absolute atomic E-state index is 4.65. The van der Waals surface area contributed by atoms with Gasteiger partial charge in [0.05, 0.1) is 6.54 Å². The molecule has 1 rings (SSSR count). The summed E-state index contributed by atoms with van der Waals surface area (Å²) in [6.07, 6.45) is 3.18. The summed E-state index contributed by atoms with van der Waals surface area (Å²) in [6.45, 7) is 9.17. The molecule has 0 fully saturated rings. The molecule has 1 aromatic rings. The van der Waals surface area contributed by atoms with E-state index in [9.17, 15) is 0 Å². The van der Waals surface area contributed by atoms with Crippen molar-refractivity contribution < 1.29 is 0 Å². The van der Waals surface area contributed by atoms with E-state index in [0.717, 1.165) is 32.0 Å². The smallest absolute Gasteiger partial charge is 0.191 e. The summed E-state index contributed by atoms with van der Waals surface area (Å²) in [4.78, 5) is 6.06. The molecule has 0 unspecified atom stereocenters. The topological polar surface area (TPSA) is 36.4 Å². The van der Waals surface area contributed by atoms with E-state index in [1.165, 1.54) is 4.88 Å². The number of nitrogens with zero attached hydrogens (tertiary/aromatic N) is 1. The highest BCUT2D eigenvalue weighted by molar-refractivity contribution is 7.99. The normalized spacial score (nSPS) is 12.5. The van der Waals surface area contributed by atoms with E-state index in [1.807, 2.05) is 11.8 Å². The molecule has 2 N–H and O–H groups in total. The molecule has 0 aromatic carbocycles. The highest BCUT2D eigenvalue weighted by Gasteiger charge is 2.15. The van der Waals surface area contributed by atoms with Gasteiger partial charge < -0.3 is 10.6 Å². The Morgan fingerprint density at radius 1 is 1.42 bits per heavy atom. The lowest BCUT2D eigenvalue weighted by molar-refractivity contribution is 0.710. The van der Waals surface area contributed by atoms with Crippen LogP contribution in [-0.4, -0.2) is 36.6 Å². The van der Waals surface area contributed by atoms with Crippen molar-refractivity contribution in [3.63, 3.8) is 0 Å². The van der Waals surface area contributed by atoms with Crippen LogP contribution in [-0.2, 0) is 6.42 Å². The fourth-order valence-electron chi connectivity index (χ4n) is 1.43. The molecule has 0 saturated carbocycles. The maximum atomic E-state index is 4.65. The standard InChI is InChI=1S/C14H25N3S2/c1-5-15-13(17-11-14(2,3)18-4)16-9-8-12-7-6-10-19-12/h6-7,10H,5,8-9,11H2,1-4H3,(H2,15,16,17). The van der Waals surface area contributed by atoms with E-state index in [2.05, 4.69) is 60.2 Å². The Morgan fingerprint density at radius 2 is 2.21 bits per heavy atom. The van der Waals surface area contributed by atoms with Gasteiger partial charge in [0.1, 0.15) is 0 Å². The van der Waals surface area contributed by atoms with Gasteiger partial charge in [-0.05, 0) is 44.9 Å². The van der Waals surface area contributed by atoms with Crippen LogP contribution in [0.15, 0.2) is 22.5 Å². The van der Waals surface area contributed by atoms with Crippen molar-refractivity contribution in [2.24, 2.45) is 4.99 Å². The van der Waals surface area contributed by atoms with Gasteiger partial charge in [0.15, 0.2) is 5.96 Å². The largest absolute Gasteiger partial charge is 0.357 e. The quantitative estimate of drug-likeness (QED) is 0.600. The van der Waals surface area contributed by atoms with E-state index in [1.54, 1.807) is 11.3 Å². The summed E-state index contributed by atoms with van der Waals surface area (Å²) in [5.41, 5.74) is 0. The molecule has 0 saturated heterocycles. The Balaban J connectivity index is 2.41. The summed E-state index contributed by atoms with van der Waals surface area (Å²) >= 11 is 3.65. The molecule has 0 bridgehead atoms. The first kappa shape index (κ1) is 16.4. The summed E-state index contributed by atoms with van der Waals surface area (Å²) < 4.78 is 0.191. The van der Waals surface area contributed by atoms with Gasteiger partial charge in [-0.1, -0.05) is 6.07 Å². The second-order valence-electron chi connectivity index (χ2n) is 4.92. The zero-order valence-electron chi connectivity index (χ0n) is 12.3. The van der Waals surface area contributed by atoms with Crippen LogP contribution >= 0.6 is 23.1 Å². The minimum Gasteiger partial charge on any atom is -0.357 e. The van der Waals surface area contributed by atoms with Gasteiger partial charge in [-0.2, -0.15) is 11.8 Å². The monoisotopic (exact) mass is 299 g/mol. The van der Waals surface area contributed by atoms with Crippen LogP contribution in [0.1, 0.15) is 25.6 Å². The number of rotatable bonds is 7. The van der Waals surface area contributed by atoms with E-state index < -0.39 is 0 Å². The third-order valence-corrected chi connectivity index (χ3v) is 4.93. The molecule has 1 aromatic heterocycles. The minimum atomic E-state index is 0.191. The molecule has 0 aliphatic carbocycles. The fourth-order valence-corrected chi connectivity index (χ4v) is 2.34. The van der Waals surface area contributed by atoms with E-state index in [-0.39, 0.29) is 4.75 Å². The van der Waals surface area contributed by atoms with Crippen molar-refractivity contribution in [2.75, 3.05) is 25.9 Å². The Labute approximate surface area is 125 Å². The van der Waals surface area contributed by atoms with Crippen molar-refractivity contribution in [3.8, 4) is 0 Å². The molecule has 0 aliphatic heterocycles. The Hall–Kier alpha value is -0.680. The fraction of sp³-hybridized carbons (Fsp3) is 0.643. The highest BCUT2D eigenvalue weighted by atomic mass is 32.2. The van der Waals surface area contributed by atoms with Crippen LogP contribution in [0.4, 0.5) is 0 Å². The van der Waals surface area contributed by atoms with Crippen LogP contribution in [0.25, 0.3) is 0 Å². The highest BCUT2D eigenvalue weighted by Crippen LogP contribution is 2.20. The number of thiophene rings is 1. The van der Waals surface area contributed by atoms with E-state index >= 15 is 0 Å². The summed E-state index contributed by atoms with van der Waals surface area (Å²) in [6, 6.07) is 4.27. The Kier molecular flexibility index (Phi) is 7.31. The lowest BCUT2D eigenvalue weighted by atomic mass is 10.2. The molecule has 1 heterocycles. The van der Waals surface area contributed by atoms with Gasteiger partial charge in [-0.25, -0.2) is 0 Å². The molecule has 5 heteroatoms. The Bertz CT molecular complexity index is 372. The maximum Gasteiger partial charge on any atom is 0.191 e. The van der Waals surface area contributed by atoms with E-state index in [4.69, 9.17) is 0 Å². The lowest BCUT2D eigenvalue weighted by Crippen LogP contribution is -2.39. The van der Waals surface area contributed by atoms with Gasteiger partial charge in [-0.15, -0.1) is 11.3 Å². The molecular formula is C14H25N3S2. The molecule has 0 atom stereocenters. The van der Waals surface area contributed by atoms with Gasteiger partial charge in [0, 0.05) is 22.7 Å². The van der Waals surface area contributed by atoms with Crippen molar-refractivity contribution in [1.29, 1.82) is 0 Å². The van der Waals surface area contributed by atoms with Gasteiger partial charge >= 0.3 is 0 Å². The van der Waals surface area contributed by atoms with Crippen LogP contribution < -0.4 is 10.6 Å². The molecular weight excluding hydrogens is 274 g/mol. The van der Waals surface area contributed by atoms with Crippen molar-refractivity contribution in [1.82, 2.24) is 10.6 Å². The number of guanidine groups is 1. The van der Waals surface area contributed by atoms with Crippen molar-refractivity contribution in [3.05, 3.63) is 22.4 Å². The number of aliphatic imine (C=N–C) groups is 1. The third kappa shape index (κ3) is 6.87. The second-order valence-corrected chi connectivity index (χ2v) is 7.46. The predicted molar refractivity (Wildman–Crippen MR) is 89.6 cm³/mol. The van der Waals surface area contributed by atoms with Gasteiger partial charge in [0.2, 0.25) is 0 Å². The summed E-state index contributed by atoms with van der Waals surface area (Å²) in [7, 11) is 0. The van der Waals surface area contributed by atoms with Crippen molar-refractivity contribution >= 4 is 29.1 Å². The zero-order valence-corrected chi connectivity index (χ0v) is 14.0. The molecule has 0 radical (unpaired) electrons. The molecule has 0 amide bonds. The lowest BCUT2D eigenvalue weighted by Gasteiger charge is -2.20. The molecule has 0 spiro atoms. The SMILES string of the molecule is CCNC(=NCC(C)(C)SC)NCCc1cccs1. The molecule has 0 aliphatic rings. The predicted octanol–water partition coefficient (Wildman–Crippen LogP) is 2.99. The second kappa shape index (κ2) is 8.48. The van der Waals surface area contributed by atoms with Gasteiger partial charge in [0.25, 0.3) is 0 Å². The van der Waals surface area contributed by atoms with Crippen LogP contribution in [0.2, 0.25) is 0 Å². The summed E-state index contributed by atoms with van der Waals surface area (Å²) in [5.74, 6) is 0.918. The first-order valence-electron chi connectivity index (χ1n) is 6.67. The number of hydrogen-bond donors (Lipinski definition) is 2. The Morgan fingerprint density at radius 3 is 2.79 bits per heavy atom. The van der Waals surface area contributed by atoms with Crippen LogP contribution in [0.5, 0.6) is 0 Å². The zero-order chi connectivity index (χ0) is 14.1. The average Bonchev–Trinajstić information content (AvgIpc) is 2.89. The van der Waals surface area contributed by atoms with Crippen molar-refractivity contribution in [2.45, 2.75) is 31.9 Å². The molecule has 108 valence electrons. The van der Waals surface area contributed by atoms with Crippen LogP contribution in [0.3, 0.4) is 0 Å². The number of hydrogen-bond acceptors (Lipinski definition) is 3.